The number of hydrogen-bond donors (Lipinski definition) is 0. The minimum atomic E-state index is -1.19. The number of benzene rings is 1. The van der Waals surface area contributed by atoms with Crippen molar-refractivity contribution in [3.05, 3.63) is 47.0 Å². The van der Waals surface area contributed by atoms with Crippen molar-refractivity contribution in [1.82, 2.24) is 0 Å². The normalized spacial score (nSPS) is 22.6. The van der Waals surface area contributed by atoms with E-state index in [2.05, 4.69) is 18.7 Å². The van der Waals surface area contributed by atoms with Crippen molar-refractivity contribution in [3.63, 3.8) is 0 Å². The van der Waals surface area contributed by atoms with Crippen molar-refractivity contribution in [2.45, 2.75) is 52.4 Å². The van der Waals surface area contributed by atoms with E-state index in [1.165, 1.54) is 0 Å². The first kappa shape index (κ1) is 19.3. The third-order valence-corrected chi connectivity index (χ3v) is 4.37. The van der Waals surface area contributed by atoms with Crippen LogP contribution < -0.4 is 0 Å². The molecule has 0 saturated carbocycles. The first-order valence-electron chi connectivity index (χ1n) is 8.50. The monoisotopic (exact) mass is 346 g/mol. The highest BCUT2D eigenvalue weighted by atomic mass is 16.7. The summed E-state index contributed by atoms with van der Waals surface area (Å²) >= 11 is 0. The van der Waals surface area contributed by atoms with Gasteiger partial charge in [0.15, 0.2) is 17.7 Å². The van der Waals surface area contributed by atoms with Crippen LogP contribution in [-0.2, 0) is 23.8 Å². The fourth-order valence-corrected chi connectivity index (χ4v) is 3.29. The fourth-order valence-electron chi connectivity index (χ4n) is 3.29. The summed E-state index contributed by atoms with van der Waals surface area (Å²) in [5, 5.41) is 0. The average molecular weight is 346 g/mol. The number of carbonyl (C=O) groups excluding carboxylic acids is 2. The molecule has 0 aliphatic carbocycles. The molecule has 1 heterocycles. The summed E-state index contributed by atoms with van der Waals surface area (Å²) in [5.41, 5.74) is 3.00. The SMILES string of the molecule is C=CC[C@@]1(C(=O)CC(=O)OCC)CO[C@@H](c2c(C)cc(C)cc2C)O1. The van der Waals surface area contributed by atoms with Crippen LogP contribution in [0.25, 0.3) is 0 Å². The standard InChI is InChI=1S/C20H26O5/c1-6-8-20(16(21)11-17(22)23-7-2)12-24-19(25-20)18-14(4)9-13(3)10-15(18)5/h6,9-10,19H,1,7-8,11-12H2,2-5H3/t19-,20+/m1/s1. The van der Waals surface area contributed by atoms with E-state index in [9.17, 15) is 9.59 Å². The van der Waals surface area contributed by atoms with Crippen molar-refractivity contribution in [2.75, 3.05) is 13.2 Å². The number of carbonyl (C=O) groups is 2. The first-order chi connectivity index (χ1) is 11.8. The molecule has 0 amide bonds. The van der Waals surface area contributed by atoms with Crippen molar-refractivity contribution < 1.29 is 23.8 Å². The number of Topliss-reactive ketones (excluding diaryl/α,β-unsaturated/α-hetero) is 1. The van der Waals surface area contributed by atoms with E-state index in [0.717, 1.165) is 22.3 Å². The quantitative estimate of drug-likeness (QED) is 0.430. The van der Waals surface area contributed by atoms with E-state index in [4.69, 9.17) is 14.2 Å². The van der Waals surface area contributed by atoms with Crippen molar-refractivity contribution in [2.24, 2.45) is 0 Å². The maximum absolute atomic E-state index is 12.7. The van der Waals surface area contributed by atoms with E-state index >= 15 is 0 Å². The number of aryl methyl sites for hydroxylation is 3. The number of hydrogen-bond acceptors (Lipinski definition) is 5. The number of rotatable bonds is 7. The molecule has 2 rings (SSSR count). The van der Waals surface area contributed by atoms with E-state index < -0.39 is 17.9 Å². The molecule has 2 atom stereocenters. The summed E-state index contributed by atoms with van der Waals surface area (Å²) in [5.74, 6) is -0.888. The van der Waals surface area contributed by atoms with Gasteiger partial charge in [0, 0.05) is 12.0 Å². The molecule has 1 fully saturated rings. The van der Waals surface area contributed by atoms with E-state index in [1.807, 2.05) is 20.8 Å². The van der Waals surface area contributed by atoms with E-state index in [-0.39, 0.29) is 31.8 Å². The Morgan fingerprint density at radius 1 is 1.32 bits per heavy atom. The van der Waals surface area contributed by atoms with E-state index in [1.54, 1.807) is 13.0 Å². The largest absolute Gasteiger partial charge is 0.466 e. The Balaban J connectivity index is 2.25. The Bertz CT molecular complexity index is 656. The molecular weight excluding hydrogens is 320 g/mol. The average Bonchev–Trinajstić information content (AvgIpc) is 2.92. The zero-order valence-corrected chi connectivity index (χ0v) is 15.4. The van der Waals surface area contributed by atoms with Gasteiger partial charge >= 0.3 is 5.97 Å². The molecule has 5 heteroatoms. The van der Waals surface area contributed by atoms with Crippen LogP contribution in [0.4, 0.5) is 0 Å². The Morgan fingerprint density at radius 2 is 1.96 bits per heavy atom. The molecule has 0 unspecified atom stereocenters. The van der Waals surface area contributed by atoms with Crippen LogP contribution in [0.15, 0.2) is 24.8 Å². The van der Waals surface area contributed by atoms with Crippen LogP contribution >= 0.6 is 0 Å². The van der Waals surface area contributed by atoms with Crippen LogP contribution in [0, 0.1) is 20.8 Å². The fraction of sp³-hybridized carbons (Fsp3) is 0.500. The summed E-state index contributed by atoms with van der Waals surface area (Å²) in [6.45, 7) is 11.8. The zero-order chi connectivity index (χ0) is 18.6. The minimum Gasteiger partial charge on any atom is -0.466 e. The van der Waals surface area contributed by atoms with E-state index in [0.29, 0.717) is 0 Å². The minimum absolute atomic E-state index is 0.0919. The lowest BCUT2D eigenvalue weighted by molar-refractivity contribution is -0.155. The maximum Gasteiger partial charge on any atom is 0.313 e. The highest BCUT2D eigenvalue weighted by Gasteiger charge is 2.48. The second kappa shape index (κ2) is 7.93. The van der Waals surface area contributed by atoms with Gasteiger partial charge in [0.25, 0.3) is 0 Å². The zero-order valence-electron chi connectivity index (χ0n) is 15.4. The van der Waals surface area contributed by atoms with Gasteiger partial charge in [-0.25, -0.2) is 0 Å². The second-order valence-corrected chi connectivity index (χ2v) is 6.47. The van der Waals surface area contributed by atoms with Gasteiger partial charge < -0.3 is 14.2 Å². The van der Waals surface area contributed by atoms with Gasteiger partial charge in [0.05, 0.1) is 13.2 Å². The van der Waals surface area contributed by atoms with Gasteiger partial charge in [0.2, 0.25) is 0 Å². The molecule has 1 aromatic carbocycles. The van der Waals surface area contributed by atoms with Crippen molar-refractivity contribution in [3.8, 4) is 0 Å². The van der Waals surface area contributed by atoms with Crippen molar-refractivity contribution >= 4 is 11.8 Å². The van der Waals surface area contributed by atoms with Gasteiger partial charge in [-0.15, -0.1) is 6.58 Å². The number of esters is 1. The van der Waals surface area contributed by atoms with Gasteiger partial charge in [-0.1, -0.05) is 23.8 Å². The highest BCUT2D eigenvalue weighted by molar-refractivity contribution is 6.00. The summed E-state index contributed by atoms with van der Waals surface area (Å²) in [6, 6.07) is 4.12. The lowest BCUT2D eigenvalue weighted by atomic mass is 9.93. The molecule has 5 nitrogen and oxygen atoms in total. The molecule has 136 valence electrons. The molecule has 0 spiro atoms. The van der Waals surface area contributed by atoms with Gasteiger partial charge in [-0.2, -0.15) is 0 Å². The first-order valence-corrected chi connectivity index (χ1v) is 8.50. The molecule has 0 radical (unpaired) electrons. The van der Waals surface area contributed by atoms with Crippen LogP contribution in [0.5, 0.6) is 0 Å². The molecule has 0 N–H and O–H groups in total. The lowest BCUT2D eigenvalue weighted by Gasteiger charge is -2.25. The summed E-state index contributed by atoms with van der Waals surface area (Å²) in [7, 11) is 0. The maximum atomic E-state index is 12.7. The summed E-state index contributed by atoms with van der Waals surface area (Å²) in [6.07, 6.45) is 0.936. The van der Waals surface area contributed by atoms with Crippen LogP contribution in [0.1, 0.15) is 48.3 Å². The van der Waals surface area contributed by atoms with Crippen LogP contribution in [-0.4, -0.2) is 30.6 Å². The molecule has 1 saturated heterocycles. The van der Waals surface area contributed by atoms with Crippen molar-refractivity contribution in [1.29, 1.82) is 0 Å². The Hall–Kier alpha value is -1.98. The predicted octanol–water partition coefficient (Wildman–Crippen LogP) is 3.49. The highest BCUT2D eigenvalue weighted by Crippen LogP contribution is 2.39. The van der Waals surface area contributed by atoms with Gasteiger partial charge in [0.1, 0.15) is 6.42 Å². The molecule has 0 aromatic heterocycles. The lowest BCUT2D eigenvalue weighted by Crippen LogP contribution is -2.42. The molecule has 1 aliphatic heterocycles. The third kappa shape index (κ3) is 4.17. The molecule has 1 aromatic rings. The summed E-state index contributed by atoms with van der Waals surface area (Å²) in [4.78, 5) is 24.4. The van der Waals surface area contributed by atoms with Gasteiger partial charge in [-0.3, -0.25) is 9.59 Å². The number of ketones is 1. The third-order valence-electron chi connectivity index (χ3n) is 4.37. The molecule has 25 heavy (non-hydrogen) atoms. The Kier molecular flexibility index (Phi) is 6.14. The summed E-state index contributed by atoms with van der Waals surface area (Å²) < 4.78 is 16.8. The van der Waals surface area contributed by atoms with Crippen LogP contribution in [0.2, 0.25) is 0 Å². The Labute approximate surface area is 149 Å². The molecular formula is C20H26O5. The predicted molar refractivity (Wildman–Crippen MR) is 94.2 cm³/mol. The topological polar surface area (TPSA) is 61.8 Å². The smallest absolute Gasteiger partial charge is 0.313 e. The Morgan fingerprint density at radius 3 is 2.52 bits per heavy atom. The number of ether oxygens (including phenoxy) is 3. The molecule has 1 aliphatic rings. The van der Waals surface area contributed by atoms with Gasteiger partial charge in [-0.05, 0) is 38.8 Å². The van der Waals surface area contributed by atoms with Crippen LogP contribution in [0.3, 0.4) is 0 Å². The molecule has 0 bridgehead atoms. The second-order valence-electron chi connectivity index (χ2n) is 6.47.